The molecular formula is C15H15N5OS. The van der Waals surface area contributed by atoms with Gasteiger partial charge in [0, 0.05) is 11.9 Å². The van der Waals surface area contributed by atoms with E-state index >= 15 is 0 Å². The molecule has 112 valence electrons. The maximum Gasteiger partial charge on any atom is 0.280 e. The predicted molar refractivity (Wildman–Crippen MR) is 87.7 cm³/mol. The molecule has 2 heterocycles. The van der Waals surface area contributed by atoms with Crippen molar-refractivity contribution in [3.05, 3.63) is 57.0 Å². The monoisotopic (exact) mass is 313 g/mol. The average Bonchev–Trinajstić information content (AvgIpc) is 3.11. The van der Waals surface area contributed by atoms with Gasteiger partial charge in [0.15, 0.2) is 0 Å². The second kappa shape index (κ2) is 6.07. The Balaban J connectivity index is 1.95. The van der Waals surface area contributed by atoms with Crippen molar-refractivity contribution in [3.63, 3.8) is 0 Å². The first-order valence-electron chi connectivity index (χ1n) is 6.92. The second-order valence-electron chi connectivity index (χ2n) is 4.72. The van der Waals surface area contributed by atoms with Gasteiger partial charge in [0.2, 0.25) is 5.13 Å². The number of para-hydroxylation sites is 1. The number of nitrogens with one attached hydrogen (secondary N) is 1. The second-order valence-corrected chi connectivity index (χ2v) is 5.76. The fourth-order valence-electron chi connectivity index (χ4n) is 2.03. The van der Waals surface area contributed by atoms with Gasteiger partial charge in [-0.1, -0.05) is 36.5 Å². The van der Waals surface area contributed by atoms with Gasteiger partial charge in [0.05, 0.1) is 11.3 Å². The summed E-state index contributed by atoms with van der Waals surface area (Å²) in [5.74, 6) is 0. The zero-order valence-electron chi connectivity index (χ0n) is 12.3. The fourth-order valence-corrected chi connectivity index (χ4v) is 2.65. The standard InChI is InChI=1S/C15H15N5OS/c1-3-13-17-18-15(22-13)16-9-12-10(2)19-20(14(12)21)11-7-5-4-6-8-11/h4-9,19H,3H2,1-2H3. The molecule has 0 amide bonds. The Bertz CT molecular complexity index is 860. The molecule has 22 heavy (non-hydrogen) atoms. The molecule has 0 fully saturated rings. The Morgan fingerprint density at radius 3 is 2.77 bits per heavy atom. The summed E-state index contributed by atoms with van der Waals surface area (Å²) >= 11 is 1.43. The van der Waals surface area contributed by atoms with Gasteiger partial charge in [-0.2, -0.15) is 0 Å². The van der Waals surface area contributed by atoms with E-state index in [0.29, 0.717) is 10.7 Å². The lowest BCUT2D eigenvalue weighted by molar-refractivity contribution is 0.835. The van der Waals surface area contributed by atoms with Crippen LogP contribution in [0.2, 0.25) is 0 Å². The lowest BCUT2D eigenvalue weighted by Crippen LogP contribution is -2.17. The number of aryl methyl sites for hydroxylation is 2. The van der Waals surface area contributed by atoms with Crippen LogP contribution in [0.15, 0.2) is 40.1 Å². The molecule has 1 aromatic carbocycles. The molecule has 3 rings (SSSR count). The van der Waals surface area contributed by atoms with Crippen LogP contribution in [0.3, 0.4) is 0 Å². The largest absolute Gasteiger partial charge is 0.295 e. The van der Waals surface area contributed by atoms with Gasteiger partial charge in [0.1, 0.15) is 5.01 Å². The van der Waals surface area contributed by atoms with Gasteiger partial charge >= 0.3 is 0 Å². The number of H-pyrrole nitrogens is 1. The van der Waals surface area contributed by atoms with Crippen molar-refractivity contribution in [1.29, 1.82) is 0 Å². The van der Waals surface area contributed by atoms with E-state index in [0.717, 1.165) is 22.8 Å². The molecule has 0 atom stereocenters. The van der Waals surface area contributed by atoms with Crippen LogP contribution in [0.1, 0.15) is 23.2 Å². The first kappa shape index (κ1) is 14.4. The molecule has 0 spiro atoms. The van der Waals surface area contributed by atoms with Gasteiger partial charge in [-0.05, 0) is 25.5 Å². The first-order chi connectivity index (χ1) is 10.7. The van der Waals surface area contributed by atoms with Crippen molar-refractivity contribution >= 4 is 22.7 Å². The minimum atomic E-state index is -0.132. The van der Waals surface area contributed by atoms with E-state index in [1.54, 1.807) is 6.21 Å². The maximum atomic E-state index is 12.5. The lowest BCUT2D eigenvalue weighted by Gasteiger charge is -1.99. The number of benzene rings is 1. The Morgan fingerprint density at radius 2 is 2.09 bits per heavy atom. The summed E-state index contributed by atoms with van der Waals surface area (Å²) in [5, 5.41) is 12.5. The summed E-state index contributed by atoms with van der Waals surface area (Å²) in [4.78, 5) is 16.7. The number of hydrogen-bond acceptors (Lipinski definition) is 5. The van der Waals surface area contributed by atoms with Crippen molar-refractivity contribution in [2.75, 3.05) is 0 Å². The molecule has 0 saturated heterocycles. The van der Waals surface area contributed by atoms with Gasteiger partial charge in [0.25, 0.3) is 5.56 Å². The minimum absolute atomic E-state index is 0.132. The summed E-state index contributed by atoms with van der Waals surface area (Å²) in [6, 6.07) is 9.43. The van der Waals surface area contributed by atoms with Crippen LogP contribution in [-0.2, 0) is 6.42 Å². The van der Waals surface area contributed by atoms with E-state index in [1.807, 2.05) is 44.2 Å². The number of aliphatic imine (C=N–C) groups is 1. The molecule has 7 heteroatoms. The van der Waals surface area contributed by atoms with Crippen LogP contribution >= 0.6 is 11.3 Å². The SMILES string of the molecule is CCc1nnc(N=Cc2c(C)[nH]n(-c3ccccc3)c2=O)s1. The quantitative estimate of drug-likeness (QED) is 0.752. The van der Waals surface area contributed by atoms with E-state index in [-0.39, 0.29) is 5.56 Å². The zero-order chi connectivity index (χ0) is 15.5. The predicted octanol–water partition coefficient (Wildman–Crippen LogP) is 2.64. The van der Waals surface area contributed by atoms with E-state index in [9.17, 15) is 4.79 Å². The molecule has 0 aliphatic rings. The minimum Gasteiger partial charge on any atom is -0.295 e. The number of rotatable bonds is 4. The Hall–Kier alpha value is -2.54. The van der Waals surface area contributed by atoms with Crippen molar-refractivity contribution in [2.24, 2.45) is 4.99 Å². The van der Waals surface area contributed by atoms with E-state index in [4.69, 9.17) is 0 Å². The third-order valence-electron chi connectivity index (χ3n) is 3.19. The van der Waals surface area contributed by atoms with Crippen LogP contribution in [-0.4, -0.2) is 26.2 Å². The molecule has 0 saturated carbocycles. The lowest BCUT2D eigenvalue weighted by atomic mass is 10.3. The highest BCUT2D eigenvalue weighted by Crippen LogP contribution is 2.18. The van der Waals surface area contributed by atoms with Crippen LogP contribution < -0.4 is 5.56 Å². The highest BCUT2D eigenvalue weighted by molar-refractivity contribution is 7.14. The highest BCUT2D eigenvalue weighted by Gasteiger charge is 2.10. The van der Waals surface area contributed by atoms with Crippen LogP contribution in [0.5, 0.6) is 0 Å². The molecule has 0 aliphatic carbocycles. The van der Waals surface area contributed by atoms with Crippen molar-refractivity contribution in [2.45, 2.75) is 20.3 Å². The summed E-state index contributed by atoms with van der Waals surface area (Å²) in [5.41, 5.74) is 1.95. The zero-order valence-corrected chi connectivity index (χ0v) is 13.1. The smallest absolute Gasteiger partial charge is 0.280 e. The third-order valence-corrected chi connectivity index (χ3v) is 4.17. The van der Waals surface area contributed by atoms with E-state index < -0.39 is 0 Å². The molecule has 6 nitrogen and oxygen atoms in total. The number of aromatic amines is 1. The Kier molecular flexibility index (Phi) is 3.97. The van der Waals surface area contributed by atoms with Crippen LogP contribution in [0, 0.1) is 6.92 Å². The van der Waals surface area contributed by atoms with Gasteiger partial charge in [-0.3, -0.25) is 9.89 Å². The summed E-state index contributed by atoms with van der Waals surface area (Å²) in [6.07, 6.45) is 2.38. The van der Waals surface area contributed by atoms with Crippen molar-refractivity contribution < 1.29 is 0 Å². The van der Waals surface area contributed by atoms with Crippen molar-refractivity contribution in [3.8, 4) is 5.69 Å². The van der Waals surface area contributed by atoms with Crippen LogP contribution in [0.25, 0.3) is 5.69 Å². The molecule has 0 bridgehead atoms. The summed E-state index contributed by atoms with van der Waals surface area (Å²) < 4.78 is 1.51. The maximum absolute atomic E-state index is 12.5. The number of nitrogens with zero attached hydrogens (tertiary/aromatic N) is 4. The molecule has 3 aromatic rings. The molecule has 0 aliphatic heterocycles. The van der Waals surface area contributed by atoms with Crippen molar-refractivity contribution in [1.82, 2.24) is 20.0 Å². The molecular weight excluding hydrogens is 298 g/mol. The van der Waals surface area contributed by atoms with Crippen LogP contribution in [0.4, 0.5) is 5.13 Å². The third kappa shape index (κ3) is 2.75. The summed E-state index contributed by atoms with van der Waals surface area (Å²) in [7, 11) is 0. The number of hydrogen-bond donors (Lipinski definition) is 1. The molecule has 2 aromatic heterocycles. The molecule has 0 radical (unpaired) electrons. The topological polar surface area (TPSA) is 75.9 Å². The van der Waals surface area contributed by atoms with E-state index in [2.05, 4.69) is 20.3 Å². The van der Waals surface area contributed by atoms with Gasteiger partial charge in [-0.15, -0.1) is 10.2 Å². The number of aromatic nitrogens is 4. The van der Waals surface area contributed by atoms with Gasteiger partial charge in [-0.25, -0.2) is 9.67 Å². The van der Waals surface area contributed by atoms with Gasteiger partial charge < -0.3 is 0 Å². The van der Waals surface area contributed by atoms with E-state index in [1.165, 1.54) is 16.0 Å². The summed E-state index contributed by atoms with van der Waals surface area (Å²) in [6.45, 7) is 3.86. The fraction of sp³-hybridized carbons (Fsp3) is 0.200. The average molecular weight is 313 g/mol. The normalized spacial score (nSPS) is 11.4. The molecule has 1 N–H and O–H groups in total. The Morgan fingerprint density at radius 1 is 1.32 bits per heavy atom. The molecule has 0 unspecified atom stereocenters. The first-order valence-corrected chi connectivity index (χ1v) is 7.74. The highest BCUT2D eigenvalue weighted by atomic mass is 32.1. The Labute approximate surface area is 131 Å².